The lowest BCUT2D eigenvalue weighted by molar-refractivity contribution is -0.137. The van der Waals surface area contributed by atoms with E-state index in [1.54, 1.807) is 25.1 Å². The molecule has 2 aromatic heterocycles. The Kier molecular flexibility index (Phi) is 7.37. The van der Waals surface area contributed by atoms with E-state index in [4.69, 9.17) is 5.41 Å². The van der Waals surface area contributed by atoms with E-state index in [-0.39, 0.29) is 23.0 Å². The van der Waals surface area contributed by atoms with Crippen molar-refractivity contribution in [2.75, 3.05) is 5.32 Å². The Labute approximate surface area is 212 Å². The summed E-state index contributed by atoms with van der Waals surface area (Å²) in [6.07, 6.45) is 0.224. The third-order valence-corrected chi connectivity index (χ3v) is 5.27. The quantitative estimate of drug-likeness (QED) is 0.233. The summed E-state index contributed by atoms with van der Waals surface area (Å²) in [7, 11) is 0. The summed E-state index contributed by atoms with van der Waals surface area (Å²) in [5.41, 5.74) is 0.0848. The van der Waals surface area contributed by atoms with Gasteiger partial charge in [0.05, 0.1) is 28.8 Å². The average Bonchev–Trinajstić information content (AvgIpc) is 3.31. The summed E-state index contributed by atoms with van der Waals surface area (Å²) in [6.45, 7) is -1.30. The molecule has 0 bridgehead atoms. The van der Waals surface area contributed by atoms with Gasteiger partial charge in [-0.25, -0.2) is 9.36 Å². The van der Waals surface area contributed by atoms with Crippen LogP contribution in [0.15, 0.2) is 77.9 Å². The van der Waals surface area contributed by atoms with Crippen LogP contribution in [0.4, 0.5) is 27.6 Å². The molecule has 196 valence electrons. The van der Waals surface area contributed by atoms with Gasteiger partial charge >= 0.3 is 12.8 Å². The van der Waals surface area contributed by atoms with Crippen LogP contribution in [-0.4, -0.2) is 32.4 Å². The molecule has 0 radical (unpaired) electrons. The maximum atomic E-state index is 13.1. The number of ether oxygens (including phenoxy) is 1. The molecule has 13 heteroatoms. The first kappa shape index (κ1) is 26.3. The Bertz CT molecular complexity index is 1560. The molecule has 4 rings (SSSR count). The summed E-state index contributed by atoms with van der Waals surface area (Å²) in [4.78, 5) is 12.7. The van der Waals surface area contributed by atoms with Gasteiger partial charge in [-0.15, -0.1) is 0 Å². The van der Waals surface area contributed by atoms with E-state index in [1.165, 1.54) is 52.1 Å². The molecule has 0 saturated heterocycles. The van der Waals surface area contributed by atoms with Gasteiger partial charge in [-0.3, -0.25) is 4.79 Å². The molecule has 0 saturated carbocycles. The van der Waals surface area contributed by atoms with Crippen LogP contribution in [-0.2, 0) is 6.18 Å². The van der Waals surface area contributed by atoms with Gasteiger partial charge in [0.25, 0.3) is 0 Å². The number of aromatic nitrogens is 4. The van der Waals surface area contributed by atoms with Crippen molar-refractivity contribution in [3.63, 3.8) is 0 Å². The van der Waals surface area contributed by atoms with E-state index >= 15 is 0 Å². The molecule has 2 aromatic carbocycles. The summed E-state index contributed by atoms with van der Waals surface area (Å²) in [6, 6.07) is 11.8. The van der Waals surface area contributed by atoms with Gasteiger partial charge in [0, 0.05) is 30.2 Å². The Hall–Kier alpha value is -4.81. The highest BCUT2D eigenvalue weighted by Gasteiger charge is 2.30. The molecule has 0 unspecified atom stereocenters. The second kappa shape index (κ2) is 10.7. The van der Waals surface area contributed by atoms with Crippen LogP contribution in [0.3, 0.4) is 0 Å². The van der Waals surface area contributed by atoms with E-state index in [2.05, 4.69) is 20.3 Å². The van der Waals surface area contributed by atoms with Crippen LogP contribution in [0.25, 0.3) is 17.1 Å². The van der Waals surface area contributed by atoms with Crippen LogP contribution in [0.5, 0.6) is 5.88 Å². The molecule has 2 N–H and O–H groups in total. The monoisotopic (exact) mass is 530 g/mol. The number of nitrogens with zero attached hydrogens (tertiary/aromatic N) is 4. The zero-order valence-electron chi connectivity index (χ0n) is 19.6. The smallest absolute Gasteiger partial charge is 0.416 e. The number of benzene rings is 2. The lowest BCUT2D eigenvalue weighted by Crippen LogP contribution is -2.19. The lowest BCUT2D eigenvalue weighted by atomic mass is 10.1. The maximum absolute atomic E-state index is 13.1. The van der Waals surface area contributed by atoms with Crippen LogP contribution in [0, 0.1) is 12.3 Å². The van der Waals surface area contributed by atoms with E-state index < -0.39 is 23.8 Å². The second-order valence-corrected chi connectivity index (χ2v) is 7.85. The Morgan fingerprint density at radius 2 is 1.92 bits per heavy atom. The number of hydrogen-bond donors (Lipinski definition) is 2. The molecule has 0 aliphatic heterocycles. The van der Waals surface area contributed by atoms with Gasteiger partial charge in [0.15, 0.2) is 5.69 Å². The number of anilines is 1. The van der Waals surface area contributed by atoms with Crippen molar-refractivity contribution in [1.29, 1.82) is 5.41 Å². The van der Waals surface area contributed by atoms with Gasteiger partial charge in [-0.2, -0.15) is 32.1 Å². The van der Waals surface area contributed by atoms with E-state index in [0.29, 0.717) is 16.9 Å². The van der Waals surface area contributed by atoms with E-state index in [1.807, 2.05) is 0 Å². The zero-order valence-corrected chi connectivity index (χ0v) is 19.6. The fourth-order valence-corrected chi connectivity index (χ4v) is 3.61. The summed E-state index contributed by atoms with van der Waals surface area (Å²) in [5, 5.41) is 18.5. The van der Waals surface area contributed by atoms with Crippen LogP contribution < -0.4 is 15.5 Å². The standard InChI is InChI=1S/C25H19F5N6O2/c1-15-13-18(36-22(8-11-32-36)38-24(26)27)5-6-20(15)35-12-9-21(37)23(34-35)19(7-10-31)33-17-4-2-3-16(14-17)25(28,29)30/h2-14,24,31,33H,1H3/b19-7-,31-10?. The number of allylic oxidation sites excluding steroid dienone is 1. The maximum Gasteiger partial charge on any atom is 0.416 e. The van der Waals surface area contributed by atoms with Crippen molar-refractivity contribution in [3.8, 4) is 17.3 Å². The number of halogens is 5. The van der Waals surface area contributed by atoms with Crippen molar-refractivity contribution in [1.82, 2.24) is 19.6 Å². The number of alkyl halides is 5. The minimum Gasteiger partial charge on any atom is -0.417 e. The van der Waals surface area contributed by atoms with Crippen LogP contribution in [0.1, 0.15) is 16.8 Å². The Balaban J connectivity index is 1.69. The highest BCUT2D eigenvalue weighted by molar-refractivity contribution is 5.87. The molecule has 8 nitrogen and oxygen atoms in total. The highest BCUT2D eigenvalue weighted by atomic mass is 19.4. The number of nitrogens with one attached hydrogen (secondary N) is 2. The van der Waals surface area contributed by atoms with Gasteiger partial charge in [-0.1, -0.05) is 6.07 Å². The summed E-state index contributed by atoms with van der Waals surface area (Å²) >= 11 is 0. The lowest BCUT2D eigenvalue weighted by Gasteiger charge is -2.15. The molecule has 4 aromatic rings. The molecule has 2 heterocycles. The Morgan fingerprint density at radius 1 is 1.13 bits per heavy atom. The SMILES string of the molecule is Cc1cc(-n2nccc2OC(F)F)ccc1-n1ccc(=O)c(/C(=C/C=N)Nc2cccc(C(F)(F)F)c2)n1. The minimum atomic E-state index is -4.56. The van der Waals surface area contributed by atoms with Gasteiger partial charge in [0.2, 0.25) is 11.3 Å². The molecule has 0 atom stereocenters. The fraction of sp³-hybridized carbons (Fsp3) is 0.120. The topological polar surface area (TPSA) is 97.8 Å². The molecule has 38 heavy (non-hydrogen) atoms. The second-order valence-electron chi connectivity index (χ2n) is 7.85. The van der Waals surface area contributed by atoms with Gasteiger partial charge in [0.1, 0.15) is 0 Å². The summed E-state index contributed by atoms with van der Waals surface area (Å²) in [5.74, 6) is -0.155. The van der Waals surface area contributed by atoms with Crippen molar-refractivity contribution in [2.45, 2.75) is 19.7 Å². The van der Waals surface area contributed by atoms with Crippen LogP contribution >= 0.6 is 0 Å². The number of rotatable bonds is 8. The third kappa shape index (κ3) is 5.77. The number of aryl methyl sites for hydroxylation is 1. The molecule has 0 aliphatic carbocycles. The van der Waals surface area contributed by atoms with Gasteiger partial charge < -0.3 is 15.5 Å². The molecule has 0 fully saturated rings. The van der Waals surface area contributed by atoms with Crippen molar-refractivity contribution >= 4 is 17.6 Å². The molecule has 0 spiro atoms. The largest absolute Gasteiger partial charge is 0.417 e. The molecule has 0 amide bonds. The highest BCUT2D eigenvalue weighted by Crippen LogP contribution is 2.31. The normalized spacial score (nSPS) is 12.0. The molecule has 0 aliphatic rings. The number of hydrogen-bond acceptors (Lipinski definition) is 6. The van der Waals surface area contributed by atoms with Crippen molar-refractivity contribution in [3.05, 3.63) is 100 Å². The average molecular weight is 530 g/mol. The van der Waals surface area contributed by atoms with Crippen molar-refractivity contribution in [2.24, 2.45) is 0 Å². The molecular weight excluding hydrogens is 511 g/mol. The van der Waals surface area contributed by atoms with E-state index in [0.717, 1.165) is 18.3 Å². The Morgan fingerprint density at radius 3 is 2.61 bits per heavy atom. The molecular formula is C25H19F5N6O2. The fourth-order valence-electron chi connectivity index (χ4n) is 3.61. The third-order valence-electron chi connectivity index (χ3n) is 5.27. The van der Waals surface area contributed by atoms with E-state index in [9.17, 15) is 26.7 Å². The predicted molar refractivity (Wildman–Crippen MR) is 130 cm³/mol. The predicted octanol–water partition coefficient (Wildman–Crippen LogP) is 5.45. The minimum absolute atomic E-state index is 0.0123. The van der Waals surface area contributed by atoms with Crippen molar-refractivity contribution < 1.29 is 26.7 Å². The van der Waals surface area contributed by atoms with Gasteiger partial charge in [-0.05, 0) is 55.0 Å². The first-order chi connectivity index (χ1) is 18.1. The zero-order chi connectivity index (χ0) is 27.4. The first-order valence-electron chi connectivity index (χ1n) is 10.9. The summed E-state index contributed by atoms with van der Waals surface area (Å²) < 4.78 is 71.8. The first-order valence-corrected chi connectivity index (χ1v) is 10.9. The van der Waals surface area contributed by atoms with Crippen LogP contribution in [0.2, 0.25) is 0 Å².